The Morgan fingerprint density at radius 3 is 2.73 bits per heavy atom. The maximum absolute atomic E-state index is 13.5. The number of hydrogen-bond donors (Lipinski definition) is 0. The summed E-state index contributed by atoms with van der Waals surface area (Å²) in [6.45, 7) is 4.54. The number of nitrogens with zero attached hydrogens (tertiary/aromatic N) is 3. The number of halogens is 1. The van der Waals surface area contributed by atoms with Crippen LogP contribution in [0.5, 0.6) is 0 Å². The van der Waals surface area contributed by atoms with E-state index < -0.39 is 0 Å². The molecule has 2 fully saturated rings. The zero-order valence-electron chi connectivity index (χ0n) is 16.9. The summed E-state index contributed by atoms with van der Waals surface area (Å²) in [7, 11) is 0. The van der Waals surface area contributed by atoms with E-state index in [-0.39, 0.29) is 23.2 Å². The second kappa shape index (κ2) is 8.19. The molecule has 1 aromatic carbocycles. The van der Waals surface area contributed by atoms with Crippen molar-refractivity contribution in [2.75, 3.05) is 37.7 Å². The third-order valence-corrected chi connectivity index (χ3v) is 7.45. The number of aromatic nitrogens is 1. The Bertz CT molecular complexity index is 1020. The Hall–Kier alpha value is -2.12. The highest BCUT2D eigenvalue weighted by atomic mass is 32.2. The van der Waals surface area contributed by atoms with Gasteiger partial charge in [0.25, 0.3) is 11.5 Å². The fourth-order valence-corrected chi connectivity index (χ4v) is 6.07. The number of pyridine rings is 1. The van der Waals surface area contributed by atoms with Gasteiger partial charge in [0.1, 0.15) is 11.4 Å². The molecule has 5 nitrogen and oxygen atoms in total. The minimum absolute atomic E-state index is 0.126. The van der Waals surface area contributed by atoms with Gasteiger partial charge in [-0.3, -0.25) is 14.5 Å². The van der Waals surface area contributed by atoms with Gasteiger partial charge in [-0.05, 0) is 42.2 Å². The van der Waals surface area contributed by atoms with Gasteiger partial charge in [-0.25, -0.2) is 4.39 Å². The van der Waals surface area contributed by atoms with Crippen LogP contribution < -0.4 is 5.56 Å². The van der Waals surface area contributed by atoms with Gasteiger partial charge < -0.3 is 9.47 Å². The number of likely N-dealkylation sites (tertiary alicyclic amines) is 1. The summed E-state index contributed by atoms with van der Waals surface area (Å²) in [4.78, 5) is 30.3. The molecule has 3 aliphatic heterocycles. The lowest BCUT2D eigenvalue weighted by molar-refractivity contribution is 0.0767. The molecule has 158 valence electrons. The van der Waals surface area contributed by atoms with Gasteiger partial charge in [-0.1, -0.05) is 12.1 Å². The summed E-state index contributed by atoms with van der Waals surface area (Å²) < 4.78 is 15.4. The Morgan fingerprint density at radius 2 is 1.93 bits per heavy atom. The van der Waals surface area contributed by atoms with Crippen LogP contribution in [-0.2, 0) is 13.1 Å². The molecule has 5 rings (SSSR count). The lowest BCUT2D eigenvalue weighted by atomic mass is 9.82. The molecule has 1 amide bonds. The zero-order valence-corrected chi connectivity index (χ0v) is 17.7. The topological polar surface area (TPSA) is 45.6 Å². The van der Waals surface area contributed by atoms with Crippen LogP contribution in [0, 0.1) is 11.7 Å². The molecule has 0 saturated carbocycles. The number of hydrogen-bond acceptors (Lipinski definition) is 4. The molecule has 30 heavy (non-hydrogen) atoms. The fourth-order valence-electron chi connectivity index (χ4n) is 5.17. The van der Waals surface area contributed by atoms with Gasteiger partial charge in [-0.2, -0.15) is 11.8 Å². The largest absolute Gasteiger partial charge is 0.337 e. The molecule has 2 saturated heterocycles. The number of piperidine rings is 1. The molecule has 4 heterocycles. The normalized spacial score (nSPS) is 23.8. The summed E-state index contributed by atoms with van der Waals surface area (Å²) >= 11 is 1.85. The van der Waals surface area contributed by atoms with Gasteiger partial charge in [0.05, 0.1) is 0 Å². The van der Waals surface area contributed by atoms with E-state index in [1.165, 1.54) is 6.07 Å². The smallest absolute Gasteiger partial charge is 0.263 e. The molecule has 2 atom stereocenters. The molecule has 0 N–H and O–H groups in total. The molecular weight excluding hydrogens is 401 g/mol. The van der Waals surface area contributed by atoms with E-state index in [4.69, 9.17) is 0 Å². The highest BCUT2D eigenvalue weighted by Crippen LogP contribution is 2.35. The summed E-state index contributed by atoms with van der Waals surface area (Å²) in [6, 6.07) is 10.5. The lowest BCUT2D eigenvalue weighted by Gasteiger charge is -2.43. The van der Waals surface area contributed by atoms with Crippen molar-refractivity contribution in [1.82, 2.24) is 14.4 Å². The van der Waals surface area contributed by atoms with Crippen LogP contribution in [0.15, 0.2) is 41.2 Å². The Kier molecular flexibility index (Phi) is 5.41. The van der Waals surface area contributed by atoms with Crippen molar-refractivity contribution in [2.24, 2.45) is 5.92 Å². The second-order valence-corrected chi connectivity index (χ2v) is 9.84. The monoisotopic (exact) mass is 427 g/mol. The molecule has 3 aliphatic rings. The third kappa shape index (κ3) is 3.81. The van der Waals surface area contributed by atoms with Crippen LogP contribution >= 0.6 is 11.8 Å². The average Bonchev–Trinajstić information content (AvgIpc) is 2.75. The number of rotatable bonds is 3. The highest BCUT2D eigenvalue weighted by Gasteiger charge is 2.35. The van der Waals surface area contributed by atoms with Gasteiger partial charge in [0, 0.05) is 62.4 Å². The number of benzene rings is 1. The number of amides is 1. The van der Waals surface area contributed by atoms with Crippen molar-refractivity contribution in [3.8, 4) is 0 Å². The summed E-state index contributed by atoms with van der Waals surface area (Å²) in [5.41, 5.74) is 2.19. The van der Waals surface area contributed by atoms with Gasteiger partial charge >= 0.3 is 0 Å². The molecule has 7 heteroatoms. The van der Waals surface area contributed by atoms with Crippen LogP contribution in [0.3, 0.4) is 0 Å². The van der Waals surface area contributed by atoms with Crippen LogP contribution in [0.1, 0.15) is 34.0 Å². The molecule has 1 aromatic heterocycles. The van der Waals surface area contributed by atoms with Crippen LogP contribution in [-0.4, -0.2) is 58.0 Å². The predicted octanol–water partition coefficient (Wildman–Crippen LogP) is 2.80. The molecule has 2 bridgehead atoms. The molecular formula is C23H26FN3O2S. The Morgan fingerprint density at radius 1 is 1.10 bits per heavy atom. The van der Waals surface area contributed by atoms with Crippen molar-refractivity contribution in [3.05, 3.63) is 69.4 Å². The minimum atomic E-state index is -0.203. The van der Waals surface area contributed by atoms with Crippen LogP contribution in [0.2, 0.25) is 0 Å². The summed E-state index contributed by atoms with van der Waals surface area (Å²) in [5, 5.41) is 0. The molecule has 0 spiro atoms. The Labute approximate surface area is 179 Å². The van der Waals surface area contributed by atoms with E-state index in [0.29, 0.717) is 31.1 Å². The first-order valence-corrected chi connectivity index (χ1v) is 11.8. The first kappa shape index (κ1) is 19.8. The number of thioether (sulfide) groups is 1. The second-order valence-electron chi connectivity index (χ2n) is 8.61. The van der Waals surface area contributed by atoms with E-state index in [9.17, 15) is 14.0 Å². The summed E-state index contributed by atoms with van der Waals surface area (Å²) in [6.07, 6.45) is 1.07. The maximum atomic E-state index is 13.5. The zero-order chi connectivity index (χ0) is 20.7. The van der Waals surface area contributed by atoms with Gasteiger partial charge in [0.2, 0.25) is 0 Å². The van der Waals surface area contributed by atoms with Gasteiger partial charge in [0.15, 0.2) is 0 Å². The quantitative estimate of drug-likeness (QED) is 0.756. The Balaban J connectivity index is 1.37. The first-order valence-electron chi connectivity index (χ1n) is 10.7. The number of fused-ring (bicyclic) bond motifs is 4. The fraction of sp³-hybridized carbons (Fsp3) is 0.478. The first-order chi connectivity index (χ1) is 14.6. The summed E-state index contributed by atoms with van der Waals surface area (Å²) in [5.74, 6) is 2.19. The van der Waals surface area contributed by atoms with Gasteiger partial charge in [-0.15, -0.1) is 0 Å². The SMILES string of the molecule is O=C(c1ccc2n(c1=O)C[C@H]1C[C@@H]2CN(Cc2cccc(F)c2)C1)N1CCSCC1. The van der Waals surface area contributed by atoms with E-state index in [0.717, 1.165) is 48.8 Å². The van der Waals surface area contributed by atoms with Crippen LogP contribution in [0.25, 0.3) is 0 Å². The maximum Gasteiger partial charge on any atom is 0.263 e. The van der Waals surface area contributed by atoms with Crippen molar-refractivity contribution >= 4 is 17.7 Å². The molecule has 0 aliphatic carbocycles. The van der Waals surface area contributed by atoms with E-state index in [1.807, 2.05) is 33.4 Å². The minimum Gasteiger partial charge on any atom is -0.337 e. The average molecular weight is 428 g/mol. The van der Waals surface area contributed by atoms with E-state index in [2.05, 4.69) is 4.90 Å². The van der Waals surface area contributed by atoms with Crippen molar-refractivity contribution in [2.45, 2.75) is 25.4 Å². The third-order valence-electron chi connectivity index (χ3n) is 6.50. The molecule has 0 unspecified atom stereocenters. The van der Waals surface area contributed by atoms with Crippen molar-refractivity contribution in [3.63, 3.8) is 0 Å². The van der Waals surface area contributed by atoms with E-state index in [1.54, 1.807) is 18.2 Å². The standard InChI is InChI=1S/C23H26FN3O2S/c24-19-3-1-2-16(11-19)12-25-13-17-10-18(15-25)21-5-4-20(23(29)27(21)14-17)22(28)26-6-8-30-9-7-26/h1-5,11,17-18H,6-10,12-15H2/t17-,18+/m0/s1. The van der Waals surface area contributed by atoms with Crippen molar-refractivity contribution < 1.29 is 9.18 Å². The number of carbonyl (C=O) groups is 1. The molecule has 0 radical (unpaired) electrons. The lowest BCUT2D eigenvalue weighted by Crippen LogP contribution is -2.48. The van der Waals surface area contributed by atoms with E-state index >= 15 is 0 Å². The van der Waals surface area contributed by atoms with Crippen molar-refractivity contribution in [1.29, 1.82) is 0 Å². The molecule has 2 aromatic rings. The number of carbonyl (C=O) groups excluding carboxylic acids is 1. The van der Waals surface area contributed by atoms with Crippen LogP contribution in [0.4, 0.5) is 4.39 Å². The highest BCUT2D eigenvalue weighted by molar-refractivity contribution is 7.99. The predicted molar refractivity (Wildman–Crippen MR) is 116 cm³/mol.